The fourth-order valence-electron chi connectivity index (χ4n) is 1.02. The number of nitro benzene ring substituents is 2. The van der Waals surface area contributed by atoms with Crippen LogP contribution in [0.3, 0.4) is 0 Å². The molecule has 0 saturated heterocycles. The van der Waals surface area contributed by atoms with Crippen LogP contribution in [0.5, 0.6) is 5.75 Å². The van der Waals surface area contributed by atoms with Gasteiger partial charge in [-0.3, -0.25) is 20.2 Å². The summed E-state index contributed by atoms with van der Waals surface area (Å²) in [7, 11) is 0. The van der Waals surface area contributed by atoms with Crippen LogP contribution in [0.1, 0.15) is 0 Å². The van der Waals surface area contributed by atoms with Gasteiger partial charge in [-0.2, -0.15) is 0 Å². The lowest BCUT2D eigenvalue weighted by Gasteiger charge is -2.06. The van der Waals surface area contributed by atoms with Crippen molar-refractivity contribution in [3.63, 3.8) is 0 Å². The second-order valence-electron chi connectivity index (χ2n) is 2.83. The van der Waals surface area contributed by atoms with Crippen molar-refractivity contribution in [1.29, 1.82) is 0 Å². The second-order valence-corrected chi connectivity index (χ2v) is 2.83. The number of nitro groups is 2. The summed E-state index contributed by atoms with van der Waals surface area (Å²) in [5, 5.41) is 31.1. The van der Waals surface area contributed by atoms with Crippen molar-refractivity contribution >= 4 is 17.3 Å². The van der Waals surface area contributed by atoms with Gasteiger partial charge in [-0.1, -0.05) is 0 Å². The highest BCUT2D eigenvalue weighted by Gasteiger charge is 2.20. The zero-order valence-corrected chi connectivity index (χ0v) is 8.19. The molecule has 0 aliphatic carbocycles. The molecule has 0 radical (unpaired) electrons. The lowest BCUT2D eigenvalue weighted by atomic mass is 10.2. The van der Waals surface area contributed by atoms with Crippen molar-refractivity contribution in [2.45, 2.75) is 0 Å². The van der Waals surface area contributed by atoms with Crippen molar-refractivity contribution in [2.24, 2.45) is 0 Å². The molecule has 0 aliphatic heterocycles. The minimum Gasteiger partial charge on any atom is -0.546 e. The van der Waals surface area contributed by atoms with E-state index in [1.807, 2.05) is 0 Å². The molecule has 0 fully saturated rings. The number of non-ortho nitro benzene ring substituents is 1. The summed E-state index contributed by atoms with van der Waals surface area (Å²) < 4.78 is 4.57. The molecule has 0 spiro atoms. The average molecular weight is 241 g/mol. The summed E-state index contributed by atoms with van der Waals surface area (Å²) in [5.74, 6) is -1.93. The average Bonchev–Trinajstić information content (AvgIpc) is 2.25. The zero-order valence-electron chi connectivity index (χ0n) is 8.19. The van der Waals surface area contributed by atoms with E-state index in [-0.39, 0.29) is 5.75 Å². The smallest absolute Gasteiger partial charge is 0.317 e. The summed E-state index contributed by atoms with van der Waals surface area (Å²) >= 11 is 0. The van der Waals surface area contributed by atoms with Crippen LogP contribution in [0.15, 0.2) is 18.2 Å². The minimum atomic E-state index is -1.56. The van der Waals surface area contributed by atoms with Crippen LogP contribution in [0.25, 0.3) is 0 Å². The highest BCUT2D eigenvalue weighted by Crippen LogP contribution is 2.30. The Morgan fingerprint density at radius 1 is 1.24 bits per heavy atom. The molecule has 17 heavy (non-hydrogen) atoms. The molecule has 0 aliphatic rings. The number of carbonyl (C=O) groups excluding carboxylic acids is 1. The fraction of sp³-hybridized carbons (Fsp3) is 0.125. The first-order valence-electron chi connectivity index (χ1n) is 4.17. The SMILES string of the molecule is O=C([O-])COc1ccc([N+](=O)[O-])cc1[N+](=O)[O-]. The fourth-order valence-corrected chi connectivity index (χ4v) is 1.02. The van der Waals surface area contributed by atoms with E-state index in [2.05, 4.69) is 4.74 Å². The van der Waals surface area contributed by atoms with Gasteiger partial charge in [0.15, 0.2) is 5.75 Å². The molecule has 0 heterocycles. The van der Waals surface area contributed by atoms with E-state index in [0.717, 1.165) is 12.1 Å². The van der Waals surface area contributed by atoms with Crippen LogP contribution in [0, 0.1) is 20.2 Å². The third-order valence-electron chi connectivity index (χ3n) is 1.70. The molecule has 0 aromatic heterocycles. The van der Waals surface area contributed by atoms with Crippen LogP contribution in [-0.2, 0) is 4.79 Å². The van der Waals surface area contributed by atoms with Gasteiger partial charge < -0.3 is 14.6 Å². The van der Waals surface area contributed by atoms with Crippen molar-refractivity contribution in [1.82, 2.24) is 0 Å². The van der Waals surface area contributed by atoms with E-state index in [4.69, 9.17) is 0 Å². The second kappa shape index (κ2) is 4.88. The Balaban J connectivity index is 3.08. The summed E-state index contributed by atoms with van der Waals surface area (Å²) in [5.41, 5.74) is -1.17. The Morgan fingerprint density at radius 2 is 1.88 bits per heavy atom. The Bertz CT molecular complexity index is 485. The summed E-state index contributed by atoms with van der Waals surface area (Å²) in [6.07, 6.45) is 0. The Hall–Kier alpha value is -2.71. The normalized spacial score (nSPS) is 9.65. The first-order valence-corrected chi connectivity index (χ1v) is 4.17. The van der Waals surface area contributed by atoms with E-state index < -0.39 is 33.8 Å². The van der Waals surface area contributed by atoms with E-state index in [1.165, 1.54) is 0 Å². The molecule has 9 heteroatoms. The van der Waals surface area contributed by atoms with Gasteiger partial charge in [0.05, 0.1) is 21.9 Å². The molecule has 0 bridgehead atoms. The molecule has 0 atom stereocenters. The lowest BCUT2D eigenvalue weighted by Crippen LogP contribution is -2.29. The van der Waals surface area contributed by atoms with Gasteiger partial charge in [-0.05, 0) is 6.07 Å². The Kier molecular flexibility index (Phi) is 3.55. The predicted molar refractivity (Wildman–Crippen MR) is 50.3 cm³/mol. The molecule has 0 N–H and O–H groups in total. The maximum absolute atomic E-state index is 10.6. The van der Waals surface area contributed by atoms with Crippen molar-refractivity contribution in [2.75, 3.05) is 6.61 Å². The highest BCUT2D eigenvalue weighted by atomic mass is 16.6. The number of carboxylic acids is 1. The van der Waals surface area contributed by atoms with Crippen LogP contribution in [0.4, 0.5) is 11.4 Å². The molecular weight excluding hydrogens is 236 g/mol. The largest absolute Gasteiger partial charge is 0.546 e. The molecule has 0 unspecified atom stereocenters. The number of rotatable bonds is 5. The molecule has 1 aromatic rings. The number of benzene rings is 1. The molecular formula is C8H5N2O7-. The summed E-state index contributed by atoms with van der Waals surface area (Å²) in [6.45, 7) is -0.876. The van der Waals surface area contributed by atoms with Gasteiger partial charge >= 0.3 is 5.69 Å². The standard InChI is InChI=1S/C8H6N2O7/c11-8(12)4-17-7-2-1-5(9(13)14)3-6(7)10(15)16/h1-3H,4H2,(H,11,12)/p-1. The molecule has 0 amide bonds. The molecule has 9 nitrogen and oxygen atoms in total. The number of ether oxygens (including phenoxy) is 1. The lowest BCUT2D eigenvalue weighted by molar-refractivity contribution is -0.394. The zero-order chi connectivity index (χ0) is 13.0. The van der Waals surface area contributed by atoms with E-state index >= 15 is 0 Å². The Morgan fingerprint density at radius 3 is 2.35 bits per heavy atom. The predicted octanol–water partition coefficient (Wildman–Crippen LogP) is -0.368. The van der Waals surface area contributed by atoms with Crippen LogP contribution in [-0.4, -0.2) is 22.4 Å². The van der Waals surface area contributed by atoms with Crippen LogP contribution in [0.2, 0.25) is 0 Å². The van der Waals surface area contributed by atoms with Crippen molar-refractivity contribution < 1.29 is 24.5 Å². The van der Waals surface area contributed by atoms with Gasteiger partial charge in [0, 0.05) is 6.07 Å². The minimum absolute atomic E-state index is 0.371. The van der Waals surface area contributed by atoms with Crippen LogP contribution < -0.4 is 9.84 Å². The monoisotopic (exact) mass is 241 g/mol. The topological polar surface area (TPSA) is 136 Å². The van der Waals surface area contributed by atoms with Gasteiger partial charge in [-0.15, -0.1) is 0 Å². The quantitative estimate of drug-likeness (QED) is 0.506. The van der Waals surface area contributed by atoms with Crippen molar-refractivity contribution in [3.05, 3.63) is 38.4 Å². The first kappa shape index (κ1) is 12.4. The number of hydrogen-bond donors (Lipinski definition) is 0. The highest BCUT2D eigenvalue weighted by molar-refractivity contribution is 5.66. The van der Waals surface area contributed by atoms with Crippen LogP contribution >= 0.6 is 0 Å². The maximum atomic E-state index is 10.6. The summed E-state index contributed by atoms with van der Waals surface area (Å²) in [4.78, 5) is 29.4. The van der Waals surface area contributed by atoms with E-state index in [0.29, 0.717) is 6.07 Å². The molecule has 90 valence electrons. The van der Waals surface area contributed by atoms with Crippen molar-refractivity contribution in [3.8, 4) is 5.75 Å². The number of carboxylic acid groups (broad SMARTS) is 1. The third kappa shape index (κ3) is 3.12. The van der Waals surface area contributed by atoms with E-state index in [1.54, 1.807) is 0 Å². The third-order valence-corrected chi connectivity index (χ3v) is 1.70. The number of carbonyl (C=O) groups is 1. The van der Waals surface area contributed by atoms with Gasteiger partial charge in [0.2, 0.25) is 0 Å². The maximum Gasteiger partial charge on any atom is 0.317 e. The number of aliphatic carboxylic acids is 1. The Labute approximate surface area is 93.5 Å². The van der Waals surface area contributed by atoms with E-state index in [9.17, 15) is 30.1 Å². The first-order chi connectivity index (χ1) is 7.91. The number of hydrogen-bond acceptors (Lipinski definition) is 7. The molecule has 0 saturated carbocycles. The van der Waals surface area contributed by atoms with Gasteiger partial charge in [-0.25, -0.2) is 0 Å². The number of nitrogens with zero attached hydrogens (tertiary/aromatic N) is 2. The van der Waals surface area contributed by atoms with Gasteiger partial charge in [0.25, 0.3) is 5.69 Å². The molecule has 1 rings (SSSR count). The molecule has 1 aromatic carbocycles. The summed E-state index contributed by atoms with van der Waals surface area (Å²) in [6, 6.07) is 2.61. The van der Waals surface area contributed by atoms with Gasteiger partial charge in [0.1, 0.15) is 6.61 Å².